The van der Waals surface area contributed by atoms with Gasteiger partial charge in [0.1, 0.15) is 4.60 Å². The van der Waals surface area contributed by atoms with Crippen LogP contribution in [0.1, 0.15) is 52.3 Å². The highest BCUT2D eigenvalue weighted by Gasteiger charge is 2.17. The van der Waals surface area contributed by atoms with E-state index in [2.05, 4.69) is 58.3 Å². The molecule has 3 nitrogen and oxygen atoms in total. The fourth-order valence-corrected chi connectivity index (χ4v) is 2.39. The molecule has 5 heteroatoms. The first-order valence-electron chi connectivity index (χ1n) is 5.83. The van der Waals surface area contributed by atoms with Gasteiger partial charge >= 0.3 is 0 Å². The minimum absolute atomic E-state index is 0.200. The van der Waals surface area contributed by atoms with Gasteiger partial charge in [-0.05, 0) is 43.1 Å². The van der Waals surface area contributed by atoms with Gasteiger partial charge in [0.25, 0.3) is 0 Å². The number of nitrogens with zero attached hydrogens (tertiary/aromatic N) is 2. The molecule has 1 rings (SSSR count). The maximum absolute atomic E-state index is 4.47. The molecule has 96 valence electrons. The molecule has 1 aromatic rings. The number of aromatic nitrogens is 2. The van der Waals surface area contributed by atoms with Crippen LogP contribution < -0.4 is 4.72 Å². The number of halogens is 1. The topological polar surface area (TPSA) is 37.8 Å². The SMILES string of the molecule is CCC[C@@H](NSC(C)(C)C)c1cncc(Br)n1. The number of nitrogens with one attached hydrogen (secondary N) is 1. The Balaban J connectivity index is 2.71. The highest BCUT2D eigenvalue weighted by atomic mass is 79.9. The summed E-state index contributed by atoms with van der Waals surface area (Å²) in [6.07, 6.45) is 5.73. The maximum Gasteiger partial charge on any atom is 0.124 e. The summed E-state index contributed by atoms with van der Waals surface area (Å²) in [5.74, 6) is 0. The average Bonchev–Trinajstić information content (AvgIpc) is 2.23. The van der Waals surface area contributed by atoms with Crippen LogP contribution in [0.15, 0.2) is 17.0 Å². The molecule has 0 saturated carbocycles. The van der Waals surface area contributed by atoms with Gasteiger partial charge in [0.15, 0.2) is 0 Å². The fraction of sp³-hybridized carbons (Fsp3) is 0.667. The number of hydrogen-bond acceptors (Lipinski definition) is 4. The van der Waals surface area contributed by atoms with Gasteiger partial charge in [-0.2, -0.15) is 0 Å². The normalized spacial score (nSPS) is 13.7. The lowest BCUT2D eigenvalue weighted by Gasteiger charge is -2.23. The molecule has 0 bridgehead atoms. The highest BCUT2D eigenvalue weighted by Crippen LogP contribution is 2.26. The number of hydrogen-bond donors (Lipinski definition) is 1. The van der Waals surface area contributed by atoms with Gasteiger partial charge < -0.3 is 0 Å². The first-order chi connectivity index (χ1) is 7.92. The Morgan fingerprint density at radius 1 is 1.41 bits per heavy atom. The molecule has 0 saturated heterocycles. The molecule has 0 amide bonds. The smallest absolute Gasteiger partial charge is 0.124 e. The van der Waals surface area contributed by atoms with E-state index in [4.69, 9.17) is 0 Å². The predicted molar refractivity (Wildman–Crippen MR) is 77.9 cm³/mol. The third-order valence-electron chi connectivity index (χ3n) is 2.07. The Morgan fingerprint density at radius 2 is 2.12 bits per heavy atom. The first-order valence-corrected chi connectivity index (χ1v) is 7.44. The van der Waals surface area contributed by atoms with Crippen molar-refractivity contribution in [2.75, 3.05) is 0 Å². The van der Waals surface area contributed by atoms with Gasteiger partial charge in [-0.1, -0.05) is 25.3 Å². The Hall–Kier alpha value is -0.130. The summed E-state index contributed by atoms with van der Waals surface area (Å²) in [6.45, 7) is 8.77. The quantitative estimate of drug-likeness (QED) is 0.829. The van der Waals surface area contributed by atoms with Crippen molar-refractivity contribution in [2.24, 2.45) is 0 Å². The molecule has 1 heterocycles. The van der Waals surface area contributed by atoms with Crippen molar-refractivity contribution in [3.63, 3.8) is 0 Å². The van der Waals surface area contributed by atoms with Crippen LogP contribution in [0.3, 0.4) is 0 Å². The van der Waals surface area contributed by atoms with Crippen LogP contribution in [0.4, 0.5) is 0 Å². The lowest BCUT2D eigenvalue weighted by atomic mass is 10.1. The van der Waals surface area contributed by atoms with E-state index in [0.717, 1.165) is 23.1 Å². The van der Waals surface area contributed by atoms with Gasteiger partial charge in [-0.25, -0.2) is 4.98 Å². The van der Waals surface area contributed by atoms with Gasteiger partial charge in [-0.15, -0.1) is 0 Å². The minimum Gasteiger partial charge on any atom is -0.260 e. The van der Waals surface area contributed by atoms with Crippen molar-refractivity contribution < 1.29 is 0 Å². The van der Waals surface area contributed by atoms with E-state index in [-0.39, 0.29) is 10.8 Å². The van der Waals surface area contributed by atoms with Crippen molar-refractivity contribution in [2.45, 2.75) is 51.3 Å². The molecule has 17 heavy (non-hydrogen) atoms. The van der Waals surface area contributed by atoms with Crippen LogP contribution >= 0.6 is 27.9 Å². The highest BCUT2D eigenvalue weighted by molar-refractivity contribution is 9.10. The van der Waals surface area contributed by atoms with Crippen LogP contribution in [0.2, 0.25) is 0 Å². The molecule has 0 aliphatic carbocycles. The third kappa shape index (κ3) is 5.84. The molecule has 0 aromatic carbocycles. The second kappa shape index (κ2) is 6.71. The Morgan fingerprint density at radius 3 is 2.65 bits per heavy atom. The van der Waals surface area contributed by atoms with E-state index in [1.165, 1.54) is 0 Å². The monoisotopic (exact) mass is 317 g/mol. The van der Waals surface area contributed by atoms with E-state index in [9.17, 15) is 0 Å². The van der Waals surface area contributed by atoms with Crippen molar-refractivity contribution in [1.82, 2.24) is 14.7 Å². The largest absolute Gasteiger partial charge is 0.260 e. The van der Waals surface area contributed by atoms with Crippen molar-refractivity contribution in [3.05, 3.63) is 22.7 Å². The fourth-order valence-electron chi connectivity index (χ4n) is 1.33. The van der Waals surface area contributed by atoms with Crippen molar-refractivity contribution in [3.8, 4) is 0 Å². The van der Waals surface area contributed by atoms with Gasteiger partial charge in [0.2, 0.25) is 0 Å². The van der Waals surface area contributed by atoms with Gasteiger partial charge in [-0.3, -0.25) is 9.71 Å². The summed E-state index contributed by atoms with van der Waals surface area (Å²) in [5, 5.41) is 0. The van der Waals surface area contributed by atoms with Crippen LogP contribution in [0.5, 0.6) is 0 Å². The van der Waals surface area contributed by atoms with E-state index in [1.807, 2.05) is 6.20 Å². The summed E-state index contributed by atoms with van der Waals surface area (Å²) in [5.41, 5.74) is 0.998. The van der Waals surface area contributed by atoms with Crippen LogP contribution in [-0.2, 0) is 0 Å². The van der Waals surface area contributed by atoms with E-state index in [0.29, 0.717) is 0 Å². The van der Waals surface area contributed by atoms with Gasteiger partial charge in [0, 0.05) is 4.75 Å². The second-order valence-electron chi connectivity index (χ2n) is 4.94. The summed E-state index contributed by atoms with van der Waals surface area (Å²) in [7, 11) is 0. The average molecular weight is 318 g/mol. The molecule has 0 aliphatic rings. The Bertz CT molecular complexity index is 352. The van der Waals surface area contributed by atoms with E-state index in [1.54, 1.807) is 18.1 Å². The third-order valence-corrected chi connectivity index (χ3v) is 3.46. The molecule has 0 radical (unpaired) electrons. The van der Waals surface area contributed by atoms with Crippen LogP contribution in [0, 0.1) is 0 Å². The zero-order valence-electron chi connectivity index (χ0n) is 10.8. The maximum atomic E-state index is 4.47. The van der Waals surface area contributed by atoms with Gasteiger partial charge in [0.05, 0.1) is 24.1 Å². The predicted octanol–water partition coefficient (Wildman–Crippen LogP) is 4.12. The minimum atomic E-state index is 0.200. The summed E-state index contributed by atoms with van der Waals surface area (Å²) in [6, 6.07) is 0.259. The van der Waals surface area contributed by atoms with Crippen molar-refractivity contribution in [1.29, 1.82) is 0 Å². The second-order valence-corrected chi connectivity index (χ2v) is 7.42. The summed E-state index contributed by atoms with van der Waals surface area (Å²) in [4.78, 5) is 8.64. The summed E-state index contributed by atoms with van der Waals surface area (Å²) >= 11 is 5.11. The number of rotatable bonds is 5. The molecule has 0 spiro atoms. The standard InChI is InChI=1S/C12H20BrN3S/c1-5-6-9(16-17-12(2,3)4)10-7-14-8-11(13)15-10/h7-9,16H,5-6H2,1-4H3/t9-/m1/s1. The van der Waals surface area contributed by atoms with E-state index >= 15 is 0 Å². The zero-order chi connectivity index (χ0) is 12.9. The van der Waals surface area contributed by atoms with Crippen LogP contribution in [-0.4, -0.2) is 14.7 Å². The Labute approximate surface area is 116 Å². The lowest BCUT2D eigenvalue weighted by molar-refractivity contribution is 0.578. The molecule has 1 N–H and O–H groups in total. The van der Waals surface area contributed by atoms with Crippen LogP contribution in [0.25, 0.3) is 0 Å². The molecular weight excluding hydrogens is 298 g/mol. The molecule has 0 aliphatic heterocycles. The van der Waals surface area contributed by atoms with E-state index < -0.39 is 0 Å². The Kier molecular flexibility index (Phi) is 5.89. The molecule has 1 aromatic heterocycles. The first kappa shape index (κ1) is 14.9. The van der Waals surface area contributed by atoms with Crippen molar-refractivity contribution >= 4 is 27.9 Å². The lowest BCUT2D eigenvalue weighted by Crippen LogP contribution is -2.22. The molecular formula is C12H20BrN3S. The zero-order valence-corrected chi connectivity index (χ0v) is 13.2. The molecule has 1 atom stereocenters. The molecule has 0 unspecified atom stereocenters. The summed E-state index contributed by atoms with van der Waals surface area (Å²) < 4.78 is 4.49. The molecule has 0 fully saturated rings.